The summed E-state index contributed by atoms with van der Waals surface area (Å²) in [5.41, 5.74) is 0.620. The van der Waals surface area contributed by atoms with Crippen LogP contribution in [0.25, 0.3) is 10.2 Å². The van der Waals surface area contributed by atoms with Gasteiger partial charge in [0.15, 0.2) is 5.78 Å². The molecule has 0 saturated heterocycles. The fraction of sp³-hybridized carbons (Fsp3) is 0.188. The monoisotopic (exact) mass is 330 g/mol. The SMILES string of the molecule is CC(=O)c1ccccc1OCCSc1ncnc2sccc12. The van der Waals surface area contributed by atoms with Crippen LogP contribution in [0.5, 0.6) is 5.75 Å². The third-order valence-electron chi connectivity index (χ3n) is 3.07. The lowest BCUT2D eigenvalue weighted by atomic mass is 10.1. The minimum Gasteiger partial charge on any atom is -0.492 e. The first-order valence-electron chi connectivity index (χ1n) is 6.79. The Kier molecular flexibility index (Phi) is 4.70. The number of ether oxygens (including phenoxy) is 1. The summed E-state index contributed by atoms with van der Waals surface area (Å²) in [5.74, 6) is 1.41. The molecule has 0 N–H and O–H groups in total. The molecule has 3 rings (SSSR count). The average Bonchev–Trinajstić information content (AvgIpc) is 3.01. The second kappa shape index (κ2) is 6.89. The van der Waals surface area contributed by atoms with Gasteiger partial charge in [-0.25, -0.2) is 9.97 Å². The van der Waals surface area contributed by atoms with E-state index in [1.807, 2.05) is 29.6 Å². The first kappa shape index (κ1) is 15.0. The third-order valence-corrected chi connectivity index (χ3v) is 4.86. The Bertz CT molecular complexity index is 801. The molecule has 0 aliphatic heterocycles. The molecular formula is C16H14N2O2S2. The summed E-state index contributed by atoms with van der Waals surface area (Å²) in [6.45, 7) is 2.07. The number of fused-ring (bicyclic) bond motifs is 1. The molecule has 0 aliphatic rings. The van der Waals surface area contributed by atoms with Gasteiger partial charge in [-0.2, -0.15) is 0 Å². The van der Waals surface area contributed by atoms with Crippen LogP contribution in [0.2, 0.25) is 0 Å². The summed E-state index contributed by atoms with van der Waals surface area (Å²) in [7, 11) is 0. The number of thiophene rings is 1. The van der Waals surface area contributed by atoms with E-state index >= 15 is 0 Å². The normalized spacial score (nSPS) is 10.8. The van der Waals surface area contributed by atoms with Crippen LogP contribution in [-0.2, 0) is 0 Å². The summed E-state index contributed by atoms with van der Waals surface area (Å²) in [5, 5.41) is 4.07. The number of carbonyl (C=O) groups is 1. The summed E-state index contributed by atoms with van der Waals surface area (Å²) in [4.78, 5) is 21.1. The largest absolute Gasteiger partial charge is 0.492 e. The lowest BCUT2D eigenvalue weighted by Crippen LogP contribution is -2.04. The minimum absolute atomic E-state index is 0.0130. The lowest BCUT2D eigenvalue weighted by Gasteiger charge is -2.09. The van der Waals surface area contributed by atoms with Crippen LogP contribution in [-0.4, -0.2) is 28.1 Å². The highest BCUT2D eigenvalue weighted by molar-refractivity contribution is 7.99. The van der Waals surface area contributed by atoms with Gasteiger partial charge >= 0.3 is 0 Å². The first-order valence-corrected chi connectivity index (χ1v) is 8.66. The number of thioether (sulfide) groups is 1. The molecule has 0 amide bonds. The van der Waals surface area contributed by atoms with E-state index in [9.17, 15) is 4.79 Å². The molecule has 0 atom stereocenters. The molecule has 22 heavy (non-hydrogen) atoms. The summed E-state index contributed by atoms with van der Waals surface area (Å²) >= 11 is 3.24. The van der Waals surface area contributed by atoms with E-state index in [0.29, 0.717) is 17.9 Å². The zero-order valence-corrected chi connectivity index (χ0v) is 13.6. The Hall–Kier alpha value is -1.92. The number of carbonyl (C=O) groups excluding carboxylic acids is 1. The third kappa shape index (κ3) is 3.28. The number of Topliss-reactive ketones (excluding diaryl/α,β-unsaturated/α-hetero) is 1. The Morgan fingerprint density at radius 1 is 1.27 bits per heavy atom. The Balaban J connectivity index is 1.60. The van der Waals surface area contributed by atoms with Crippen LogP contribution in [0, 0.1) is 0 Å². The molecule has 0 saturated carbocycles. The summed E-state index contributed by atoms with van der Waals surface area (Å²) < 4.78 is 5.73. The Labute approximate surface area is 136 Å². The number of nitrogens with zero attached hydrogens (tertiary/aromatic N) is 2. The van der Waals surface area contributed by atoms with Crippen molar-refractivity contribution in [2.75, 3.05) is 12.4 Å². The van der Waals surface area contributed by atoms with E-state index in [0.717, 1.165) is 21.0 Å². The molecule has 0 radical (unpaired) electrons. The zero-order chi connectivity index (χ0) is 15.4. The molecule has 0 fully saturated rings. The molecule has 2 aromatic heterocycles. The van der Waals surface area contributed by atoms with E-state index in [1.54, 1.807) is 42.4 Å². The fourth-order valence-electron chi connectivity index (χ4n) is 2.06. The molecule has 0 unspecified atom stereocenters. The molecular weight excluding hydrogens is 316 g/mol. The van der Waals surface area contributed by atoms with E-state index in [2.05, 4.69) is 9.97 Å². The molecule has 3 aromatic rings. The quantitative estimate of drug-likeness (QED) is 0.295. The zero-order valence-electron chi connectivity index (χ0n) is 12.0. The Morgan fingerprint density at radius 3 is 3.00 bits per heavy atom. The van der Waals surface area contributed by atoms with Gasteiger partial charge in [-0.1, -0.05) is 12.1 Å². The molecule has 0 bridgehead atoms. The van der Waals surface area contributed by atoms with Gasteiger partial charge in [-0.05, 0) is 30.5 Å². The van der Waals surface area contributed by atoms with Gasteiger partial charge in [0, 0.05) is 11.1 Å². The van der Waals surface area contributed by atoms with E-state index in [1.165, 1.54) is 0 Å². The van der Waals surface area contributed by atoms with Crippen molar-refractivity contribution >= 4 is 39.1 Å². The van der Waals surface area contributed by atoms with Gasteiger partial charge < -0.3 is 4.74 Å². The lowest BCUT2D eigenvalue weighted by molar-refractivity contribution is 0.101. The summed E-state index contributed by atoms with van der Waals surface area (Å²) in [6.07, 6.45) is 1.59. The maximum Gasteiger partial charge on any atom is 0.163 e. The second-order valence-corrected chi connectivity index (χ2v) is 6.55. The minimum atomic E-state index is 0.0130. The standard InChI is InChI=1S/C16H14N2O2S2/c1-11(19)12-4-2-3-5-14(12)20-7-9-22-16-13-6-8-21-15(13)17-10-18-16/h2-6,8,10H,7,9H2,1H3. The van der Waals surface area contributed by atoms with Gasteiger partial charge in [-0.15, -0.1) is 23.1 Å². The predicted octanol–water partition coefficient (Wildman–Crippen LogP) is 4.07. The number of hydrogen-bond donors (Lipinski definition) is 0. The van der Waals surface area contributed by atoms with Gasteiger partial charge in [0.2, 0.25) is 0 Å². The maximum atomic E-state index is 11.5. The van der Waals surface area contributed by atoms with Gasteiger partial charge in [0.1, 0.15) is 21.9 Å². The fourth-order valence-corrected chi connectivity index (χ4v) is 3.65. The molecule has 112 valence electrons. The van der Waals surface area contributed by atoms with Gasteiger partial charge in [-0.3, -0.25) is 4.79 Å². The number of para-hydroxylation sites is 1. The number of aromatic nitrogens is 2. The predicted molar refractivity (Wildman–Crippen MR) is 90.1 cm³/mol. The molecule has 2 heterocycles. The van der Waals surface area contributed by atoms with Crippen molar-refractivity contribution in [3.05, 3.63) is 47.6 Å². The van der Waals surface area contributed by atoms with Crippen LogP contribution in [0.15, 0.2) is 47.1 Å². The van der Waals surface area contributed by atoms with Crippen molar-refractivity contribution < 1.29 is 9.53 Å². The number of rotatable bonds is 6. The summed E-state index contributed by atoms with van der Waals surface area (Å²) in [6, 6.07) is 9.35. The molecule has 0 spiro atoms. The first-order chi connectivity index (χ1) is 10.8. The van der Waals surface area contributed by atoms with Crippen LogP contribution in [0.1, 0.15) is 17.3 Å². The Morgan fingerprint density at radius 2 is 2.14 bits per heavy atom. The van der Waals surface area contributed by atoms with Crippen molar-refractivity contribution in [3.63, 3.8) is 0 Å². The molecule has 4 nitrogen and oxygen atoms in total. The van der Waals surface area contributed by atoms with Gasteiger partial charge in [0.05, 0.1) is 12.2 Å². The molecule has 0 aliphatic carbocycles. The van der Waals surface area contributed by atoms with Crippen LogP contribution in [0.4, 0.5) is 0 Å². The molecule has 1 aromatic carbocycles. The van der Waals surface area contributed by atoms with E-state index in [4.69, 9.17) is 4.74 Å². The van der Waals surface area contributed by atoms with Crippen molar-refractivity contribution in [2.45, 2.75) is 11.9 Å². The number of hydrogen-bond acceptors (Lipinski definition) is 6. The topological polar surface area (TPSA) is 52.1 Å². The van der Waals surface area contributed by atoms with Crippen LogP contribution < -0.4 is 4.74 Å². The number of ketones is 1. The maximum absolute atomic E-state index is 11.5. The van der Waals surface area contributed by atoms with Crippen molar-refractivity contribution in [1.29, 1.82) is 0 Å². The number of benzene rings is 1. The van der Waals surface area contributed by atoms with Crippen LogP contribution in [0.3, 0.4) is 0 Å². The second-order valence-electron chi connectivity index (χ2n) is 4.57. The molecule has 6 heteroatoms. The van der Waals surface area contributed by atoms with Crippen molar-refractivity contribution in [2.24, 2.45) is 0 Å². The van der Waals surface area contributed by atoms with E-state index in [-0.39, 0.29) is 5.78 Å². The highest BCUT2D eigenvalue weighted by atomic mass is 32.2. The van der Waals surface area contributed by atoms with Crippen molar-refractivity contribution in [1.82, 2.24) is 9.97 Å². The average molecular weight is 330 g/mol. The highest BCUT2D eigenvalue weighted by Gasteiger charge is 2.08. The van der Waals surface area contributed by atoms with Gasteiger partial charge in [0.25, 0.3) is 0 Å². The smallest absolute Gasteiger partial charge is 0.163 e. The highest BCUT2D eigenvalue weighted by Crippen LogP contribution is 2.27. The van der Waals surface area contributed by atoms with Crippen molar-refractivity contribution in [3.8, 4) is 5.75 Å². The van der Waals surface area contributed by atoms with Crippen LogP contribution >= 0.6 is 23.1 Å². The van der Waals surface area contributed by atoms with E-state index < -0.39 is 0 Å².